The molecule has 0 fully saturated rings. The second-order valence-electron chi connectivity index (χ2n) is 9.71. The first-order valence-electron chi connectivity index (χ1n) is 14.6. The number of carbonyl (C=O) groups excluding carboxylic acids is 2. The van der Waals surface area contributed by atoms with Crippen molar-refractivity contribution in [1.29, 1.82) is 0 Å². The van der Waals surface area contributed by atoms with Gasteiger partial charge in [0.15, 0.2) is 17.0 Å². The summed E-state index contributed by atoms with van der Waals surface area (Å²) in [5, 5.41) is 8.92. The van der Waals surface area contributed by atoms with Crippen molar-refractivity contribution in [2.24, 2.45) is 0 Å². The van der Waals surface area contributed by atoms with Crippen LogP contribution in [0.25, 0.3) is 11.2 Å². The molecule has 0 amide bonds. The summed E-state index contributed by atoms with van der Waals surface area (Å²) in [6.45, 7) is 12.7. The number of nitrogen functional groups attached to an aromatic ring is 1. The molecule has 2 heterocycles. The van der Waals surface area contributed by atoms with Crippen molar-refractivity contribution in [2.45, 2.75) is 84.8 Å². The van der Waals surface area contributed by atoms with Gasteiger partial charge in [-0.05, 0) is 25.7 Å². The highest BCUT2D eigenvalue weighted by Gasteiger charge is 2.34. The van der Waals surface area contributed by atoms with Gasteiger partial charge in [0.25, 0.3) is 0 Å². The zero-order valence-corrected chi connectivity index (χ0v) is 26.2. The van der Waals surface area contributed by atoms with Crippen LogP contribution in [0.15, 0.2) is 19.0 Å². The van der Waals surface area contributed by atoms with Crippen molar-refractivity contribution in [3.63, 3.8) is 0 Å². The molecule has 0 aliphatic heterocycles. The number of nitrogens with two attached hydrogens (primary N) is 1. The molecule has 0 unspecified atom stereocenters. The molecule has 14 nitrogen and oxygen atoms in total. The predicted molar refractivity (Wildman–Crippen MR) is 163 cm³/mol. The molecule has 0 saturated carbocycles. The molecule has 236 valence electrons. The van der Waals surface area contributed by atoms with Gasteiger partial charge in [-0.2, -0.15) is 9.97 Å². The Hall–Kier alpha value is -3.06. The Kier molecular flexibility index (Phi) is 15.5. The number of imidazole rings is 1. The lowest BCUT2D eigenvalue weighted by Crippen LogP contribution is -2.44. The summed E-state index contributed by atoms with van der Waals surface area (Å²) in [7, 11) is -3.65. The molecule has 0 aliphatic rings. The zero-order chi connectivity index (χ0) is 31.0. The van der Waals surface area contributed by atoms with Crippen LogP contribution in [-0.4, -0.2) is 76.3 Å². The van der Waals surface area contributed by atoms with Gasteiger partial charge in [-0.1, -0.05) is 46.6 Å². The normalized spacial score (nSPS) is 13.0. The smallest absolute Gasteiger partial charge is 0.323 e. The van der Waals surface area contributed by atoms with Crippen LogP contribution < -0.4 is 21.2 Å². The van der Waals surface area contributed by atoms with Crippen molar-refractivity contribution in [3.8, 4) is 0 Å². The number of ether oxygens (including phenoxy) is 3. The molecular formula is C27H47N8O6P. The Morgan fingerprint density at radius 3 is 2.14 bits per heavy atom. The van der Waals surface area contributed by atoms with Gasteiger partial charge in [0.2, 0.25) is 13.4 Å². The number of nitrogens with one attached hydrogen (secondary N) is 3. The summed E-state index contributed by atoms with van der Waals surface area (Å²) in [5.41, 5.74) is 6.95. The summed E-state index contributed by atoms with van der Waals surface area (Å²) < 4.78 is 32.5. The molecule has 2 aromatic heterocycles. The van der Waals surface area contributed by atoms with Crippen LogP contribution in [0.1, 0.15) is 66.2 Å². The Balaban J connectivity index is 2.15. The summed E-state index contributed by atoms with van der Waals surface area (Å²) in [6.07, 6.45) is 6.87. The van der Waals surface area contributed by atoms with Crippen LogP contribution in [0, 0.1) is 0 Å². The lowest BCUT2D eigenvalue weighted by atomic mass is 10.2. The van der Waals surface area contributed by atoms with E-state index >= 15 is 0 Å². The minimum atomic E-state index is -3.65. The van der Waals surface area contributed by atoms with Crippen LogP contribution in [0.2, 0.25) is 0 Å². The van der Waals surface area contributed by atoms with Gasteiger partial charge < -0.3 is 29.8 Å². The quantitative estimate of drug-likeness (QED) is 0.0657. The van der Waals surface area contributed by atoms with Gasteiger partial charge in [0, 0.05) is 13.1 Å². The van der Waals surface area contributed by atoms with E-state index in [-0.39, 0.29) is 32.1 Å². The highest BCUT2D eigenvalue weighted by atomic mass is 31.2. The Morgan fingerprint density at radius 1 is 1.02 bits per heavy atom. The van der Waals surface area contributed by atoms with Crippen LogP contribution in [-0.2, 0) is 34.9 Å². The van der Waals surface area contributed by atoms with Gasteiger partial charge in [-0.15, -0.1) is 6.58 Å². The van der Waals surface area contributed by atoms with Gasteiger partial charge in [0.05, 0.1) is 26.1 Å². The molecule has 2 rings (SSSR count). The third kappa shape index (κ3) is 11.0. The zero-order valence-electron chi connectivity index (χ0n) is 25.3. The SMILES string of the molecule is C=CCNc1nc(N)nc2c1ncn2CCOCP(=O)(N[C@@H](CC)C(=O)OCCCC)N[C@@H](CC)C(=O)OCCCC. The summed E-state index contributed by atoms with van der Waals surface area (Å²) in [5.74, 6) is -0.436. The van der Waals surface area contributed by atoms with Crippen molar-refractivity contribution in [3.05, 3.63) is 19.0 Å². The van der Waals surface area contributed by atoms with E-state index in [1.807, 2.05) is 13.8 Å². The van der Waals surface area contributed by atoms with Crippen LogP contribution in [0.4, 0.5) is 11.8 Å². The fraction of sp³-hybridized carbons (Fsp3) is 0.667. The highest BCUT2D eigenvalue weighted by Crippen LogP contribution is 2.38. The van der Waals surface area contributed by atoms with E-state index in [0.717, 1.165) is 25.7 Å². The van der Waals surface area contributed by atoms with Gasteiger partial charge in [0.1, 0.15) is 18.4 Å². The standard InChI is InChI=1S/C27H47N8O6P/c1-6-11-15-40-25(36)20(9-4)33-42(38,34-21(10-5)26(37)41-16-12-7-2)19-39-17-14-35-18-30-22-23(29-13-8-3)31-27(28)32-24(22)35/h8,18,20-21H,3,6-7,9-17,19H2,1-2,4-5H3,(H2,33,34,38)(H3,28,29,31,32)/t20-,21-/m0/s1. The minimum Gasteiger partial charge on any atom is -0.465 e. The number of nitrogens with zero attached hydrogens (tertiary/aromatic N) is 4. The molecule has 42 heavy (non-hydrogen) atoms. The van der Waals surface area contributed by atoms with Crippen molar-refractivity contribution in [1.82, 2.24) is 29.7 Å². The fourth-order valence-corrected chi connectivity index (χ4v) is 6.04. The second kappa shape index (κ2) is 18.5. The Bertz CT molecular complexity index is 1160. The largest absolute Gasteiger partial charge is 0.465 e. The van der Waals surface area contributed by atoms with E-state index in [0.29, 0.717) is 42.9 Å². The maximum absolute atomic E-state index is 14.1. The van der Waals surface area contributed by atoms with Crippen molar-refractivity contribution < 1.29 is 28.4 Å². The van der Waals surface area contributed by atoms with Crippen LogP contribution in [0.5, 0.6) is 0 Å². The molecule has 0 aromatic carbocycles. The molecular weight excluding hydrogens is 563 g/mol. The minimum absolute atomic E-state index is 0.0856. The lowest BCUT2D eigenvalue weighted by Gasteiger charge is -2.28. The highest BCUT2D eigenvalue weighted by molar-refractivity contribution is 7.59. The third-order valence-corrected chi connectivity index (χ3v) is 8.25. The van der Waals surface area contributed by atoms with Crippen LogP contribution in [0.3, 0.4) is 0 Å². The Labute approximate surface area is 248 Å². The van der Waals surface area contributed by atoms with Gasteiger partial charge in [-0.25, -0.2) is 15.2 Å². The monoisotopic (exact) mass is 610 g/mol. The number of esters is 2. The Morgan fingerprint density at radius 2 is 1.62 bits per heavy atom. The number of fused-ring (bicyclic) bond motifs is 1. The number of unbranched alkanes of at least 4 members (excludes halogenated alkanes) is 2. The maximum atomic E-state index is 14.1. The maximum Gasteiger partial charge on any atom is 0.323 e. The van der Waals surface area contributed by atoms with E-state index in [2.05, 4.69) is 37.0 Å². The molecule has 5 N–H and O–H groups in total. The van der Waals surface area contributed by atoms with E-state index < -0.39 is 31.5 Å². The predicted octanol–water partition coefficient (Wildman–Crippen LogP) is 3.60. The molecule has 15 heteroatoms. The van der Waals surface area contributed by atoms with E-state index in [1.165, 1.54) is 0 Å². The molecule has 0 saturated heterocycles. The molecule has 0 bridgehead atoms. The number of carbonyl (C=O) groups is 2. The van der Waals surface area contributed by atoms with Crippen LogP contribution >= 0.6 is 7.44 Å². The first-order chi connectivity index (χ1) is 20.2. The summed E-state index contributed by atoms with van der Waals surface area (Å²) in [4.78, 5) is 38.3. The third-order valence-electron chi connectivity index (χ3n) is 6.24. The number of hydrogen-bond donors (Lipinski definition) is 4. The number of hydrogen-bond acceptors (Lipinski definition) is 11. The summed E-state index contributed by atoms with van der Waals surface area (Å²) in [6, 6.07) is -1.70. The topological polar surface area (TPSA) is 185 Å². The number of rotatable bonds is 22. The van der Waals surface area contributed by atoms with E-state index in [9.17, 15) is 14.2 Å². The van der Waals surface area contributed by atoms with Gasteiger partial charge >= 0.3 is 11.9 Å². The average molecular weight is 611 g/mol. The first kappa shape index (κ1) is 35.1. The summed E-state index contributed by atoms with van der Waals surface area (Å²) >= 11 is 0. The molecule has 0 radical (unpaired) electrons. The second-order valence-corrected chi connectivity index (χ2v) is 12.0. The lowest BCUT2D eigenvalue weighted by molar-refractivity contribution is -0.146. The molecule has 2 aromatic rings. The number of aromatic nitrogens is 4. The van der Waals surface area contributed by atoms with Crippen molar-refractivity contribution in [2.75, 3.05) is 43.8 Å². The first-order valence-corrected chi connectivity index (χ1v) is 16.5. The number of anilines is 2. The molecule has 0 spiro atoms. The molecule has 2 atom stereocenters. The van der Waals surface area contributed by atoms with Crippen molar-refractivity contribution >= 4 is 42.3 Å². The molecule has 0 aliphatic carbocycles. The van der Waals surface area contributed by atoms with Gasteiger partial charge in [-0.3, -0.25) is 14.2 Å². The van der Waals surface area contributed by atoms with E-state index in [4.69, 9.17) is 19.9 Å². The average Bonchev–Trinajstić information content (AvgIpc) is 3.38. The fourth-order valence-electron chi connectivity index (χ4n) is 3.84. The van der Waals surface area contributed by atoms with E-state index in [1.54, 1.807) is 30.8 Å².